The Balaban J connectivity index is 0.000000212. The zero-order valence-electron chi connectivity index (χ0n) is 34.7. The number of hydrogen-bond donors (Lipinski definition) is 6. The predicted octanol–water partition coefficient (Wildman–Crippen LogP) is 8.60. The van der Waals surface area contributed by atoms with Crippen LogP contribution in [0.2, 0.25) is 0 Å². The number of nitrogens with zero attached hydrogens (tertiary/aromatic N) is 8. The van der Waals surface area contributed by atoms with Gasteiger partial charge in [-0.15, -0.1) is 12.4 Å². The van der Waals surface area contributed by atoms with Gasteiger partial charge in [-0.05, 0) is 73.5 Å². The van der Waals surface area contributed by atoms with Crippen molar-refractivity contribution in [2.75, 3.05) is 21.3 Å². The Labute approximate surface area is 377 Å². The number of carbonyl (C=O) groups excluding carboxylic acids is 2. The van der Waals surface area contributed by atoms with Gasteiger partial charge in [-0.3, -0.25) is 19.6 Å². The molecule has 8 aromatic rings. The lowest BCUT2D eigenvalue weighted by molar-refractivity contribution is 0.0992. The van der Waals surface area contributed by atoms with E-state index >= 15 is 0 Å². The lowest BCUT2D eigenvalue weighted by Gasteiger charge is -2.16. The number of amides is 2. The number of halogens is 3. The van der Waals surface area contributed by atoms with Gasteiger partial charge in [0.1, 0.15) is 34.9 Å². The van der Waals surface area contributed by atoms with Gasteiger partial charge >= 0.3 is 0 Å². The van der Waals surface area contributed by atoms with E-state index in [9.17, 15) is 18.4 Å². The van der Waals surface area contributed by atoms with Gasteiger partial charge in [0, 0.05) is 59.2 Å². The monoisotopic (exact) mass is 894 g/mol. The van der Waals surface area contributed by atoms with E-state index in [2.05, 4.69) is 61.1 Å². The molecule has 0 saturated carbocycles. The second-order valence-electron chi connectivity index (χ2n) is 14.1. The van der Waals surface area contributed by atoms with Crippen LogP contribution in [0.5, 0.6) is 0 Å². The van der Waals surface area contributed by atoms with E-state index < -0.39 is 11.8 Å². The van der Waals surface area contributed by atoms with Crippen molar-refractivity contribution in [3.8, 4) is 22.5 Å². The van der Waals surface area contributed by atoms with Crippen LogP contribution in [0.15, 0.2) is 146 Å². The fourth-order valence-corrected chi connectivity index (χ4v) is 6.10. The highest BCUT2D eigenvalue weighted by Gasteiger charge is 2.15. The van der Waals surface area contributed by atoms with Crippen molar-refractivity contribution in [2.24, 2.45) is 11.5 Å². The van der Waals surface area contributed by atoms with Gasteiger partial charge in [0.15, 0.2) is 0 Å². The maximum atomic E-state index is 13.3. The molecule has 0 aliphatic heterocycles. The molecule has 0 aliphatic rings. The maximum absolute atomic E-state index is 13.3. The van der Waals surface area contributed by atoms with Crippen LogP contribution in [-0.2, 0) is 0 Å². The second-order valence-corrected chi connectivity index (χ2v) is 14.1. The van der Waals surface area contributed by atoms with E-state index in [-0.39, 0.29) is 36.1 Å². The molecule has 0 unspecified atom stereocenters. The molecule has 2 atom stereocenters. The first-order valence-corrected chi connectivity index (χ1v) is 19.6. The SMILES string of the molecule is C[C@H](Nc1nc(Nc2cnccn2)cc(-c2ccc(C(N)=O)cc2)n1)c1ccc(F)cc1.C[C@H](Nc1nc(Nc2cnccn2)cc(-c2ccc(C(N)=O)cc2)n1)c1ccc(F)cc1.Cl. The van der Waals surface area contributed by atoms with Crippen LogP contribution in [0.1, 0.15) is 57.8 Å². The summed E-state index contributed by atoms with van der Waals surface area (Å²) in [4.78, 5) is 57.6. The molecule has 0 spiro atoms. The van der Waals surface area contributed by atoms with Crippen LogP contribution in [0.25, 0.3) is 22.5 Å². The van der Waals surface area contributed by atoms with Crippen molar-refractivity contribution < 1.29 is 18.4 Å². The average molecular weight is 895 g/mol. The largest absolute Gasteiger partial charge is 0.366 e. The third-order valence-corrected chi connectivity index (χ3v) is 9.45. The number of rotatable bonds is 14. The topological polar surface area (TPSA) is 237 Å². The van der Waals surface area contributed by atoms with E-state index in [4.69, 9.17) is 11.5 Å². The highest BCUT2D eigenvalue weighted by Crippen LogP contribution is 2.28. The molecular formula is C46H41ClF2N14O2. The fraction of sp³-hybridized carbons (Fsp3) is 0.0870. The van der Waals surface area contributed by atoms with Crippen LogP contribution in [-0.4, -0.2) is 51.7 Å². The van der Waals surface area contributed by atoms with E-state index in [1.165, 1.54) is 24.3 Å². The van der Waals surface area contributed by atoms with Crippen LogP contribution in [0, 0.1) is 11.6 Å². The highest BCUT2D eigenvalue weighted by molar-refractivity contribution is 5.93. The third kappa shape index (κ3) is 12.8. The minimum atomic E-state index is -0.500. The summed E-state index contributed by atoms with van der Waals surface area (Å²) in [7, 11) is 0. The van der Waals surface area contributed by atoms with Gasteiger partial charge in [0.25, 0.3) is 0 Å². The van der Waals surface area contributed by atoms with Crippen molar-refractivity contribution in [3.63, 3.8) is 0 Å². The molecule has 16 nitrogen and oxygen atoms in total. The first-order chi connectivity index (χ1) is 30.9. The molecule has 8 N–H and O–H groups in total. The van der Waals surface area contributed by atoms with Crippen molar-refractivity contribution in [2.45, 2.75) is 25.9 Å². The Morgan fingerprint density at radius 2 is 0.877 bits per heavy atom. The molecule has 65 heavy (non-hydrogen) atoms. The third-order valence-electron chi connectivity index (χ3n) is 9.45. The Bertz CT molecular complexity index is 2630. The molecule has 4 aromatic heterocycles. The fourth-order valence-electron chi connectivity index (χ4n) is 6.10. The van der Waals surface area contributed by atoms with Crippen molar-refractivity contribution in [1.82, 2.24) is 39.9 Å². The molecule has 0 saturated heterocycles. The molecular weight excluding hydrogens is 854 g/mol. The zero-order valence-corrected chi connectivity index (χ0v) is 35.5. The average Bonchev–Trinajstić information content (AvgIpc) is 3.30. The number of nitrogens with two attached hydrogens (primary N) is 2. The van der Waals surface area contributed by atoms with E-state index in [1.807, 2.05) is 13.8 Å². The molecule has 0 bridgehead atoms. The van der Waals surface area contributed by atoms with Gasteiger partial charge in [-0.2, -0.15) is 9.97 Å². The van der Waals surface area contributed by atoms with Gasteiger partial charge in [0.05, 0.1) is 35.9 Å². The number of primary amides is 2. The van der Waals surface area contributed by atoms with E-state index in [0.29, 0.717) is 57.7 Å². The lowest BCUT2D eigenvalue weighted by atomic mass is 10.1. The second kappa shape index (κ2) is 21.5. The van der Waals surface area contributed by atoms with Gasteiger partial charge < -0.3 is 32.7 Å². The van der Waals surface area contributed by atoms with Crippen molar-refractivity contribution in [1.29, 1.82) is 0 Å². The van der Waals surface area contributed by atoms with Crippen molar-refractivity contribution in [3.05, 3.63) is 180 Å². The number of nitrogens with one attached hydrogen (secondary N) is 4. The molecule has 4 aromatic carbocycles. The van der Waals surface area contributed by atoms with Crippen LogP contribution >= 0.6 is 12.4 Å². The standard InChI is InChI=1S/2C23H20FN7O.ClH/c2*1-14(15-6-8-18(24)9-7-15)28-23-29-19(16-2-4-17(5-3-16)22(25)32)12-20(31-23)30-21-13-26-10-11-27-21;/h2*2-14H,1H3,(H2,25,32)(H2,27,28,29,30,31);1H/t2*14-;/m00./s1. The van der Waals surface area contributed by atoms with Crippen molar-refractivity contribution >= 4 is 59.4 Å². The Morgan fingerprint density at radius 1 is 0.508 bits per heavy atom. The summed E-state index contributed by atoms with van der Waals surface area (Å²) >= 11 is 0. The summed E-state index contributed by atoms with van der Waals surface area (Å²) < 4.78 is 26.5. The molecule has 2 amide bonds. The highest BCUT2D eigenvalue weighted by atomic mass is 35.5. The molecule has 0 fully saturated rings. The number of carbonyl (C=O) groups is 2. The summed E-state index contributed by atoms with van der Waals surface area (Å²) in [5.74, 6) is 1.20. The van der Waals surface area contributed by atoms with Gasteiger partial charge in [0.2, 0.25) is 23.7 Å². The Morgan fingerprint density at radius 3 is 1.20 bits per heavy atom. The first-order valence-electron chi connectivity index (χ1n) is 19.6. The maximum Gasteiger partial charge on any atom is 0.248 e. The van der Waals surface area contributed by atoms with E-state index in [1.54, 1.807) is 122 Å². The van der Waals surface area contributed by atoms with Crippen LogP contribution in [0.4, 0.5) is 43.9 Å². The smallest absolute Gasteiger partial charge is 0.248 e. The van der Waals surface area contributed by atoms with Crippen LogP contribution < -0.4 is 32.7 Å². The molecule has 0 aliphatic carbocycles. The predicted molar refractivity (Wildman–Crippen MR) is 247 cm³/mol. The number of aromatic nitrogens is 8. The summed E-state index contributed by atoms with van der Waals surface area (Å²) in [6, 6.07) is 29.3. The lowest BCUT2D eigenvalue weighted by Crippen LogP contribution is -2.11. The molecule has 8 rings (SSSR count). The minimum absolute atomic E-state index is 0. The summed E-state index contributed by atoms with van der Waals surface area (Å²) in [6.07, 6.45) is 9.46. The molecule has 328 valence electrons. The number of benzene rings is 4. The van der Waals surface area contributed by atoms with Gasteiger partial charge in [-0.25, -0.2) is 28.7 Å². The minimum Gasteiger partial charge on any atom is -0.366 e. The molecule has 19 heteroatoms. The molecule has 4 heterocycles. The van der Waals surface area contributed by atoms with Crippen LogP contribution in [0.3, 0.4) is 0 Å². The Kier molecular flexibility index (Phi) is 15.2. The van der Waals surface area contributed by atoms with Gasteiger partial charge in [-0.1, -0.05) is 48.5 Å². The normalized spacial score (nSPS) is 11.4. The zero-order chi connectivity index (χ0) is 45.0. The quantitative estimate of drug-likeness (QED) is 0.0600. The van der Waals surface area contributed by atoms with E-state index in [0.717, 1.165) is 22.3 Å². The summed E-state index contributed by atoms with van der Waals surface area (Å²) in [5.41, 5.74) is 16.0. The Hall–Kier alpha value is -8.51. The number of anilines is 6. The molecule has 0 radical (unpaired) electrons. The summed E-state index contributed by atoms with van der Waals surface area (Å²) in [5, 5.41) is 12.7. The summed E-state index contributed by atoms with van der Waals surface area (Å²) in [6.45, 7) is 3.86. The number of hydrogen-bond acceptors (Lipinski definition) is 14. The first kappa shape index (κ1) is 46.0.